The van der Waals surface area contributed by atoms with E-state index in [1.807, 2.05) is 32.0 Å². The predicted octanol–water partition coefficient (Wildman–Crippen LogP) is 5.29. The van der Waals surface area contributed by atoms with Crippen LogP contribution in [0.25, 0.3) is 0 Å². The van der Waals surface area contributed by atoms with Gasteiger partial charge in [-0.05, 0) is 54.3 Å². The summed E-state index contributed by atoms with van der Waals surface area (Å²) in [5.74, 6) is -1.02. The van der Waals surface area contributed by atoms with Crippen molar-refractivity contribution in [2.75, 3.05) is 13.7 Å². The van der Waals surface area contributed by atoms with Gasteiger partial charge in [0.15, 0.2) is 11.4 Å². The highest BCUT2D eigenvalue weighted by Crippen LogP contribution is 2.39. The smallest absolute Gasteiger partial charge is 0.348 e. The number of benzene rings is 3. The van der Waals surface area contributed by atoms with Crippen molar-refractivity contribution in [2.45, 2.75) is 38.4 Å². The molecule has 0 aliphatic rings. The van der Waals surface area contributed by atoms with Gasteiger partial charge in [0.05, 0.1) is 7.11 Å². The number of aryl methyl sites for hydroxylation is 2. The van der Waals surface area contributed by atoms with Crippen LogP contribution >= 0.6 is 0 Å². The van der Waals surface area contributed by atoms with Gasteiger partial charge in [-0.2, -0.15) is 0 Å². The maximum absolute atomic E-state index is 13.3. The van der Waals surface area contributed by atoms with E-state index >= 15 is 0 Å². The summed E-state index contributed by atoms with van der Waals surface area (Å²) in [6, 6.07) is 26.2. The van der Waals surface area contributed by atoms with Gasteiger partial charge in [-0.15, -0.1) is 0 Å². The van der Waals surface area contributed by atoms with Gasteiger partial charge in [-0.1, -0.05) is 74.5 Å². The van der Waals surface area contributed by atoms with Crippen LogP contribution in [-0.4, -0.2) is 46.6 Å². The van der Waals surface area contributed by atoms with Gasteiger partial charge >= 0.3 is 12.0 Å². The van der Waals surface area contributed by atoms with Crippen LogP contribution < -0.4 is 9.47 Å². The second-order valence-electron chi connectivity index (χ2n) is 9.08. The van der Waals surface area contributed by atoms with Gasteiger partial charge < -0.3 is 19.3 Å². The first-order valence-corrected chi connectivity index (χ1v) is 13.1. The molecule has 0 spiro atoms. The molecule has 40 heavy (non-hydrogen) atoms. The summed E-state index contributed by atoms with van der Waals surface area (Å²) in [6.07, 6.45) is -0.393. The van der Waals surface area contributed by atoms with Crippen molar-refractivity contribution in [3.8, 4) is 11.8 Å². The normalized spacial score (nSPS) is 12.0. The minimum absolute atomic E-state index is 0.0649. The Hall–Kier alpha value is -4.56. The van der Waals surface area contributed by atoms with E-state index in [-0.39, 0.29) is 11.8 Å². The number of ether oxygens (including phenoxy) is 3. The number of methoxy groups -OCH3 is 1. The lowest BCUT2D eigenvalue weighted by molar-refractivity contribution is -0.162. The molecule has 0 radical (unpaired) electrons. The summed E-state index contributed by atoms with van der Waals surface area (Å²) in [4.78, 5) is 35.2. The molecule has 1 unspecified atom stereocenters. The Morgan fingerprint density at radius 2 is 1.35 bits per heavy atom. The van der Waals surface area contributed by atoms with E-state index in [4.69, 9.17) is 14.2 Å². The Morgan fingerprint density at radius 1 is 0.825 bits per heavy atom. The molecule has 1 atom stereocenters. The topological polar surface area (TPSA) is 108 Å². The minimum atomic E-state index is -1.73. The molecule has 0 amide bonds. The largest absolute Gasteiger partial charge is 0.497 e. The van der Waals surface area contributed by atoms with Gasteiger partial charge in [-0.3, -0.25) is 4.79 Å². The SMILES string of the molecule is CCc1cc(CC)nc(OC(C(=O)O)C(OCC(=O)c2ccc(OC)cc2)(c2ccccc2)c2ccccc2)n1. The lowest BCUT2D eigenvalue weighted by Crippen LogP contribution is -2.52. The van der Waals surface area contributed by atoms with E-state index in [1.54, 1.807) is 79.9 Å². The maximum atomic E-state index is 13.3. The van der Waals surface area contributed by atoms with Crippen molar-refractivity contribution in [1.82, 2.24) is 9.97 Å². The average Bonchev–Trinajstić information content (AvgIpc) is 3.01. The van der Waals surface area contributed by atoms with E-state index in [0.29, 0.717) is 35.3 Å². The fourth-order valence-electron chi connectivity index (χ4n) is 4.48. The monoisotopic (exact) mass is 540 g/mol. The maximum Gasteiger partial charge on any atom is 0.348 e. The number of Topliss-reactive ketones (excluding diaryl/α,β-unsaturated/α-hetero) is 1. The second-order valence-corrected chi connectivity index (χ2v) is 9.08. The summed E-state index contributed by atoms with van der Waals surface area (Å²) in [6.45, 7) is 3.48. The molecule has 8 heteroatoms. The summed E-state index contributed by atoms with van der Waals surface area (Å²) >= 11 is 0. The molecule has 8 nitrogen and oxygen atoms in total. The molecule has 4 aromatic rings. The number of carbonyl (C=O) groups excluding carboxylic acids is 1. The molecule has 0 fully saturated rings. The Bertz CT molecular complexity index is 1360. The van der Waals surface area contributed by atoms with Crippen molar-refractivity contribution < 1.29 is 28.9 Å². The van der Waals surface area contributed by atoms with Crippen LogP contribution in [0.1, 0.15) is 46.7 Å². The lowest BCUT2D eigenvalue weighted by Gasteiger charge is -2.38. The van der Waals surface area contributed by atoms with Crippen LogP contribution in [0.5, 0.6) is 11.8 Å². The zero-order chi connectivity index (χ0) is 28.5. The highest BCUT2D eigenvalue weighted by atomic mass is 16.6. The Morgan fingerprint density at radius 3 is 1.80 bits per heavy atom. The number of hydrogen-bond donors (Lipinski definition) is 1. The second kappa shape index (κ2) is 13.0. The Labute approximate surface area is 233 Å². The van der Waals surface area contributed by atoms with Gasteiger partial charge in [0.2, 0.25) is 6.10 Å². The quantitative estimate of drug-likeness (QED) is 0.228. The third-order valence-corrected chi connectivity index (χ3v) is 6.60. The van der Waals surface area contributed by atoms with Crippen molar-refractivity contribution in [3.63, 3.8) is 0 Å². The Balaban J connectivity index is 1.84. The van der Waals surface area contributed by atoms with E-state index in [9.17, 15) is 14.7 Å². The molecule has 0 saturated carbocycles. The van der Waals surface area contributed by atoms with Gasteiger partial charge in [-0.25, -0.2) is 14.8 Å². The van der Waals surface area contributed by atoms with Gasteiger partial charge in [0, 0.05) is 17.0 Å². The first-order valence-electron chi connectivity index (χ1n) is 13.1. The summed E-state index contributed by atoms with van der Waals surface area (Å²) in [5.41, 5.74) is 1.12. The molecule has 3 aromatic carbocycles. The minimum Gasteiger partial charge on any atom is -0.497 e. The summed E-state index contributed by atoms with van der Waals surface area (Å²) < 4.78 is 17.8. The number of aliphatic carboxylic acids is 1. The number of carboxylic acids is 1. The highest BCUT2D eigenvalue weighted by Gasteiger charge is 2.50. The number of carboxylic acid groups (broad SMARTS) is 1. The van der Waals surface area contributed by atoms with Gasteiger partial charge in [0.1, 0.15) is 12.4 Å². The molecular formula is C32H32N2O6. The van der Waals surface area contributed by atoms with Crippen molar-refractivity contribution in [3.05, 3.63) is 119 Å². The van der Waals surface area contributed by atoms with E-state index < -0.39 is 24.3 Å². The van der Waals surface area contributed by atoms with Crippen molar-refractivity contribution >= 4 is 11.8 Å². The Kier molecular flexibility index (Phi) is 9.24. The molecular weight excluding hydrogens is 508 g/mol. The third kappa shape index (κ3) is 6.18. The molecule has 0 aliphatic heterocycles. The first kappa shape index (κ1) is 28.4. The summed E-state index contributed by atoms with van der Waals surface area (Å²) in [5, 5.41) is 10.6. The average molecular weight is 541 g/mol. The van der Waals surface area contributed by atoms with Crippen molar-refractivity contribution in [1.29, 1.82) is 0 Å². The van der Waals surface area contributed by atoms with Crippen molar-refractivity contribution in [2.24, 2.45) is 0 Å². The molecule has 206 valence electrons. The van der Waals surface area contributed by atoms with Crippen LogP contribution in [0.4, 0.5) is 0 Å². The van der Waals surface area contributed by atoms with E-state index in [2.05, 4.69) is 9.97 Å². The van der Waals surface area contributed by atoms with Crippen LogP contribution in [0.2, 0.25) is 0 Å². The van der Waals surface area contributed by atoms with Crippen LogP contribution in [0.15, 0.2) is 91.0 Å². The molecule has 1 N–H and O–H groups in total. The summed E-state index contributed by atoms with van der Waals surface area (Å²) in [7, 11) is 1.55. The lowest BCUT2D eigenvalue weighted by atomic mass is 9.81. The van der Waals surface area contributed by atoms with Gasteiger partial charge in [0.25, 0.3) is 0 Å². The number of rotatable bonds is 13. The number of carbonyl (C=O) groups is 2. The van der Waals surface area contributed by atoms with Crippen LogP contribution in [0.3, 0.4) is 0 Å². The van der Waals surface area contributed by atoms with Crippen LogP contribution in [-0.2, 0) is 28.0 Å². The third-order valence-electron chi connectivity index (χ3n) is 6.60. The number of hydrogen-bond acceptors (Lipinski definition) is 7. The number of ketones is 1. The molecule has 0 bridgehead atoms. The predicted molar refractivity (Wildman–Crippen MR) is 150 cm³/mol. The first-order chi connectivity index (χ1) is 19.4. The molecule has 1 aromatic heterocycles. The zero-order valence-electron chi connectivity index (χ0n) is 22.7. The molecule has 1 heterocycles. The zero-order valence-corrected chi connectivity index (χ0v) is 22.7. The number of nitrogens with zero attached hydrogens (tertiary/aromatic N) is 2. The highest BCUT2D eigenvalue weighted by molar-refractivity contribution is 5.97. The standard InChI is InChI=1S/C32H32N2O6/c1-4-25-20-26(5-2)34-31(33-25)40-29(30(36)37)32(23-12-8-6-9-13-23,24-14-10-7-11-15-24)39-21-28(35)22-16-18-27(38-3)19-17-22/h6-20,29H,4-5,21H2,1-3H3,(H,36,37). The molecule has 0 saturated heterocycles. The number of aromatic nitrogens is 2. The van der Waals surface area contributed by atoms with E-state index in [1.165, 1.54) is 0 Å². The fourth-order valence-corrected chi connectivity index (χ4v) is 4.48. The fraction of sp³-hybridized carbons (Fsp3) is 0.250. The molecule has 4 rings (SSSR count). The molecule has 0 aliphatic carbocycles. The van der Waals surface area contributed by atoms with E-state index in [0.717, 1.165) is 11.4 Å². The van der Waals surface area contributed by atoms with Crippen LogP contribution in [0, 0.1) is 0 Å².